The number of aliphatic hydroxyl groups excluding tert-OH is 5. The van der Waals surface area contributed by atoms with Gasteiger partial charge in [0.05, 0.1) is 57.5 Å². The SMILES string of the molecule is O=P([O-])([O-])[O-].O=P([O-])([O-])[O-].O=P([O-])([O-])[O-].O=P([O-])([O-])[O-].O=P([O-])([O-])[O-].O=P([O-])([O-])[O-].OCc1cc(O)c(O)c(S)c1.OCc1cc(O)c(O)c(S)c1.OCc1cc(O)c(O)c(S)c1.OCc1cc(O)c(O)c(S)c1.OCc1cc(O)c(O)c(S)c1.[Ag+].[Ag+].[Ag+].[Ag+].[Ag+].[K+].[K+].[K+].[K+].[K+].[O-2].[O-2].[O-2].[O-2].[O-2].[O-2].[Ti+4].[Ti+4].[Ti+4].[Ti+4].[Ti+4]. The first-order chi connectivity index (χ1) is 37.7. The number of phosphoric acid groups is 6. The second-order valence-corrected chi connectivity index (χ2v) is 21.2. The first-order valence-corrected chi connectivity index (χ1v) is 30.4. The summed E-state index contributed by atoms with van der Waals surface area (Å²) in [6.45, 7) is -0.896. The molecule has 0 atom stereocenters. The molecule has 0 heterocycles. The summed E-state index contributed by atoms with van der Waals surface area (Å²) in [6.07, 6.45) is 0. The molecule has 0 aromatic heterocycles. The van der Waals surface area contributed by atoms with Crippen LogP contribution in [0.25, 0.3) is 0 Å². The molecule has 15 N–H and O–H groups in total. The van der Waals surface area contributed by atoms with Gasteiger partial charge in [-0.2, -0.15) is 46.9 Å². The molecular formula is C35H40Ag5K5O45P6S5Ti5. The molecule has 0 spiro atoms. The van der Waals surface area contributed by atoms with E-state index in [9.17, 15) is 0 Å². The molecule has 0 aliphatic carbocycles. The van der Waals surface area contributed by atoms with Gasteiger partial charge in [0.2, 0.25) is 0 Å². The van der Waals surface area contributed by atoms with Gasteiger partial charge in [0.25, 0.3) is 0 Å². The third-order valence-corrected chi connectivity index (χ3v) is 8.26. The maximum atomic E-state index is 9.02. The van der Waals surface area contributed by atoms with E-state index in [1.54, 1.807) is 0 Å². The average Bonchev–Trinajstić information content (AvgIpc) is 3.29. The molecule has 5 rings (SSSR count). The second-order valence-electron chi connectivity index (χ2n) is 13.4. The number of phenolic OH excluding ortho intramolecular Hbond substituents is 10. The molecule has 0 saturated heterocycles. The fourth-order valence-electron chi connectivity index (χ4n) is 3.76. The summed E-state index contributed by atoms with van der Waals surface area (Å²) in [4.78, 5) is 155. The molecule has 45 nitrogen and oxygen atoms in total. The Bertz CT molecular complexity index is 2530. The Labute approximate surface area is 994 Å². The number of hydrogen-bond acceptors (Lipinski definition) is 44. The summed E-state index contributed by atoms with van der Waals surface area (Å²) in [5, 5.41) is 133. The van der Waals surface area contributed by atoms with Crippen molar-refractivity contribution in [2.45, 2.75) is 57.5 Å². The van der Waals surface area contributed by atoms with Crippen molar-refractivity contribution in [3.8, 4) is 57.5 Å². The molecule has 0 radical (unpaired) electrons. The van der Waals surface area contributed by atoms with Crippen molar-refractivity contribution in [2.24, 2.45) is 0 Å². The molecule has 0 amide bonds. The number of aromatic hydroxyl groups is 10. The van der Waals surface area contributed by atoms with E-state index in [0.717, 1.165) is 0 Å². The zero-order valence-corrected chi connectivity index (χ0v) is 92.9. The number of rotatable bonds is 5. The number of benzene rings is 5. The van der Waals surface area contributed by atoms with Crippen molar-refractivity contribution < 1.29 is 702 Å². The fraction of sp³-hybridized carbons (Fsp3) is 0.143. The molecule has 71 heteroatoms. The van der Waals surface area contributed by atoms with Gasteiger partial charge in [-0.1, -0.05) is 0 Å². The van der Waals surface area contributed by atoms with Crippen LogP contribution >= 0.6 is 110 Å². The van der Waals surface area contributed by atoms with Gasteiger partial charge in [-0.05, 0) is 88.5 Å². The minimum Gasteiger partial charge on any atom is -2.00 e. The topological polar surface area (TPSA) is 992 Å². The van der Waals surface area contributed by atoms with Crippen LogP contribution < -0.4 is 345 Å². The molecule has 590 valence electrons. The molecular weight excluding hydrogens is 2460 g/mol. The summed E-state index contributed by atoms with van der Waals surface area (Å²) < 4.78 is 51.3. The molecule has 5 aromatic rings. The van der Waals surface area contributed by atoms with E-state index in [1.165, 1.54) is 60.7 Å². The van der Waals surface area contributed by atoms with Crippen LogP contribution in [0.1, 0.15) is 27.8 Å². The van der Waals surface area contributed by atoms with E-state index in [1.807, 2.05) is 0 Å². The van der Waals surface area contributed by atoms with Crippen LogP contribution in [0.5, 0.6) is 57.5 Å². The summed E-state index contributed by atoms with van der Waals surface area (Å²) in [7, 11) is -32.3. The van der Waals surface area contributed by atoms with Crippen LogP contribution in [-0.4, -0.2) is 76.6 Å². The Hall–Kier alpha value is 11.5. The Morgan fingerprint density at radius 1 is 0.226 bits per heavy atom. The van der Waals surface area contributed by atoms with Crippen molar-refractivity contribution in [3.05, 3.63) is 88.5 Å². The van der Waals surface area contributed by atoms with Gasteiger partial charge in [-0.15, -0.1) is 63.1 Å². The van der Waals surface area contributed by atoms with E-state index in [2.05, 4.69) is 63.1 Å². The molecule has 0 unspecified atom stereocenters. The number of hydrogen-bond donors (Lipinski definition) is 20. The van der Waals surface area contributed by atoms with E-state index in [4.69, 9.17) is 192 Å². The molecule has 106 heavy (non-hydrogen) atoms. The number of thiol groups is 5. The van der Waals surface area contributed by atoms with Crippen LogP contribution in [0.4, 0.5) is 0 Å². The Balaban J connectivity index is -0.0000000258. The molecule has 0 saturated carbocycles. The van der Waals surface area contributed by atoms with Gasteiger partial charge in [0.1, 0.15) is 0 Å². The first kappa shape index (κ1) is 195. The summed E-state index contributed by atoms with van der Waals surface area (Å²) in [6, 6.07) is 13.9. The molecule has 0 aliphatic heterocycles. The minimum absolute atomic E-state index is 0. The zero-order valence-electron chi connectivity index (χ0n) is 52.2. The van der Waals surface area contributed by atoms with Crippen molar-refractivity contribution >= 4 is 110 Å². The maximum Gasteiger partial charge on any atom is 4.00 e. The average molecular weight is 2500 g/mol. The van der Waals surface area contributed by atoms with E-state index >= 15 is 0 Å². The third kappa shape index (κ3) is 147. The van der Waals surface area contributed by atoms with Gasteiger partial charge in [-0.25, -0.2) is 0 Å². The van der Waals surface area contributed by atoms with E-state index in [-0.39, 0.29) is 625 Å². The van der Waals surface area contributed by atoms with Crippen molar-refractivity contribution in [1.82, 2.24) is 0 Å². The Kier molecular flexibility index (Phi) is 190. The van der Waals surface area contributed by atoms with Crippen molar-refractivity contribution in [3.63, 3.8) is 0 Å². The third-order valence-electron chi connectivity index (χ3n) is 6.56. The van der Waals surface area contributed by atoms with E-state index in [0.29, 0.717) is 27.8 Å². The molecule has 0 aliphatic rings. The quantitative estimate of drug-likeness (QED) is 0.0336. The van der Waals surface area contributed by atoms with Gasteiger partial charge < -0.3 is 225 Å². The van der Waals surface area contributed by atoms with Crippen LogP contribution in [0, 0.1) is 0 Å². The normalized spacial score (nSPS) is 8.53. The van der Waals surface area contributed by atoms with Crippen LogP contribution in [0.15, 0.2) is 85.1 Å². The Morgan fingerprint density at radius 3 is 0.340 bits per heavy atom. The van der Waals surface area contributed by atoms with Crippen LogP contribution in [0.3, 0.4) is 0 Å². The standard InChI is InChI=1S/5C7H8O3S.5Ag.5K.6H3O4P.6O.5Ti/c5*8-3-4-1-5(9)7(10)6(11)2-4;;;;;;;;;;;6*1-5(2,3)4;;;;;;;;;;;/h5*1-2,8-11H,3H2;;;;;;;;;;;6*(H3,1,2,3,4);;;;;;;;;;;/q;;;;;10*+1;;;;;;;6*-2;5*+4/p-18. The number of aliphatic hydroxyl groups is 5. The zero-order chi connectivity index (χ0) is 69.2. The van der Waals surface area contributed by atoms with Gasteiger partial charge in [0.15, 0.2) is 57.5 Å². The minimum atomic E-state index is -5.39. The largest absolute Gasteiger partial charge is 4.00 e. The first-order valence-electron chi connectivity index (χ1n) is 19.4. The molecule has 0 bridgehead atoms. The van der Waals surface area contributed by atoms with Crippen molar-refractivity contribution in [2.75, 3.05) is 0 Å². The monoisotopic (exact) mass is 2490 g/mol. The molecule has 0 fully saturated rings. The van der Waals surface area contributed by atoms with Gasteiger partial charge in [-0.3, -0.25) is 0 Å². The molecule has 5 aromatic carbocycles. The smallest absolute Gasteiger partial charge is 2.00 e. The maximum absolute atomic E-state index is 9.02. The number of phenols is 10. The predicted octanol–water partition coefficient (Wildman–Crippen LogP) is -28.3. The van der Waals surface area contributed by atoms with E-state index < -0.39 is 46.9 Å². The predicted molar refractivity (Wildman–Crippen MR) is 264 cm³/mol. The summed E-state index contributed by atoms with van der Waals surface area (Å²) in [5.74, 6) is -2.61. The van der Waals surface area contributed by atoms with Gasteiger partial charge >= 0.3 is 477 Å². The van der Waals surface area contributed by atoms with Crippen LogP contribution in [-0.2, 0) is 314 Å². The van der Waals surface area contributed by atoms with Gasteiger partial charge in [0, 0.05) is 0 Å². The summed E-state index contributed by atoms with van der Waals surface area (Å²) in [5.41, 5.74) is 2.59. The second kappa shape index (κ2) is 104. The fourth-order valence-corrected chi connectivity index (χ4v) is 5.16. The van der Waals surface area contributed by atoms with Crippen molar-refractivity contribution in [1.29, 1.82) is 0 Å². The Morgan fingerprint density at radius 2 is 0.292 bits per heavy atom. The van der Waals surface area contributed by atoms with Crippen LogP contribution in [0.2, 0.25) is 0 Å². The summed E-state index contributed by atoms with van der Waals surface area (Å²) >= 11 is 19.4.